The van der Waals surface area contributed by atoms with Crippen molar-refractivity contribution in [3.63, 3.8) is 0 Å². The summed E-state index contributed by atoms with van der Waals surface area (Å²) >= 11 is 0. The zero-order chi connectivity index (χ0) is 23.9. The van der Waals surface area contributed by atoms with Crippen LogP contribution >= 0.6 is 0 Å². The molecule has 5 rings (SSSR count). The summed E-state index contributed by atoms with van der Waals surface area (Å²) in [5.74, 6) is 1.60. The second-order valence-corrected chi connectivity index (χ2v) is 8.84. The van der Waals surface area contributed by atoms with Gasteiger partial charge in [0.05, 0.1) is 5.92 Å². The van der Waals surface area contributed by atoms with E-state index < -0.39 is 0 Å². The molecule has 0 spiro atoms. The minimum absolute atomic E-state index is 0.0759. The molecule has 1 fully saturated rings. The molecule has 2 aromatic carbocycles. The highest BCUT2D eigenvalue weighted by Gasteiger charge is 2.30. The van der Waals surface area contributed by atoms with Gasteiger partial charge >= 0.3 is 0 Å². The molecule has 178 valence electrons. The number of hydrogen-bond acceptors (Lipinski definition) is 6. The molecule has 3 heterocycles. The molecule has 1 saturated heterocycles. The number of hydrogen-bond donors (Lipinski definition) is 0. The molecule has 8 heteroatoms. The molecule has 1 aliphatic heterocycles. The summed E-state index contributed by atoms with van der Waals surface area (Å²) in [6.07, 6.45) is 7.29. The lowest BCUT2D eigenvalue weighted by atomic mass is 9.96. The Kier molecular flexibility index (Phi) is 7.07. The van der Waals surface area contributed by atoms with Gasteiger partial charge in [-0.25, -0.2) is 19.6 Å². The highest BCUT2D eigenvalue weighted by atomic mass is 16.2. The van der Waals surface area contributed by atoms with Crippen LogP contribution in [0.15, 0.2) is 85.7 Å². The number of anilines is 1. The van der Waals surface area contributed by atoms with E-state index in [1.165, 1.54) is 11.9 Å². The van der Waals surface area contributed by atoms with Crippen LogP contribution in [0.5, 0.6) is 0 Å². The number of nitrogens with zero attached hydrogens (tertiary/aromatic N) is 7. The van der Waals surface area contributed by atoms with E-state index in [2.05, 4.69) is 49.2 Å². The molecule has 1 aliphatic rings. The quantitative estimate of drug-likeness (QED) is 0.394. The Hall–Kier alpha value is -4.07. The summed E-state index contributed by atoms with van der Waals surface area (Å²) in [5, 5.41) is 4.16. The third-order valence-corrected chi connectivity index (χ3v) is 6.43. The van der Waals surface area contributed by atoms with Crippen molar-refractivity contribution in [3.8, 4) is 5.82 Å². The van der Waals surface area contributed by atoms with Crippen LogP contribution in [0.2, 0.25) is 0 Å². The van der Waals surface area contributed by atoms with E-state index >= 15 is 0 Å². The van der Waals surface area contributed by atoms with Gasteiger partial charge in [0.2, 0.25) is 5.91 Å². The summed E-state index contributed by atoms with van der Waals surface area (Å²) in [4.78, 5) is 30.8. The van der Waals surface area contributed by atoms with Gasteiger partial charge in [0.1, 0.15) is 24.8 Å². The number of carbonyl (C=O) groups excluding carboxylic acids is 1. The van der Waals surface area contributed by atoms with Crippen LogP contribution < -0.4 is 4.90 Å². The molecular formula is C27H29N7O. The third kappa shape index (κ3) is 5.71. The van der Waals surface area contributed by atoms with Crippen LogP contribution in [-0.4, -0.2) is 55.2 Å². The fraction of sp³-hybridized carbons (Fsp3) is 0.296. The maximum atomic E-state index is 13.8. The molecule has 8 nitrogen and oxygen atoms in total. The molecule has 0 radical (unpaired) electrons. The Labute approximate surface area is 205 Å². The van der Waals surface area contributed by atoms with Gasteiger partial charge in [0.15, 0.2) is 5.82 Å². The molecule has 0 N–H and O–H groups in total. The topological polar surface area (TPSA) is 80.0 Å². The lowest BCUT2D eigenvalue weighted by Crippen LogP contribution is -2.45. The molecule has 1 amide bonds. The molecule has 0 saturated carbocycles. The van der Waals surface area contributed by atoms with E-state index in [-0.39, 0.29) is 11.8 Å². The molecule has 1 atom stereocenters. The summed E-state index contributed by atoms with van der Waals surface area (Å²) in [5.41, 5.74) is 2.39. The maximum absolute atomic E-state index is 13.8. The van der Waals surface area contributed by atoms with Crippen LogP contribution in [0.1, 0.15) is 24.0 Å². The van der Waals surface area contributed by atoms with Gasteiger partial charge in [-0.2, -0.15) is 5.10 Å². The highest BCUT2D eigenvalue weighted by Crippen LogP contribution is 2.25. The van der Waals surface area contributed by atoms with Crippen molar-refractivity contribution in [1.29, 1.82) is 0 Å². The Morgan fingerprint density at radius 1 is 0.943 bits per heavy atom. The highest BCUT2D eigenvalue weighted by molar-refractivity contribution is 5.80. The van der Waals surface area contributed by atoms with Crippen molar-refractivity contribution in [2.45, 2.75) is 25.8 Å². The Balaban J connectivity index is 1.31. The summed E-state index contributed by atoms with van der Waals surface area (Å²) in [7, 11) is 0. The van der Waals surface area contributed by atoms with Gasteiger partial charge in [-0.15, -0.1) is 0 Å². The number of benzene rings is 2. The number of carbonyl (C=O) groups is 1. The number of rotatable bonds is 8. The van der Waals surface area contributed by atoms with Crippen molar-refractivity contribution in [2.24, 2.45) is 5.92 Å². The van der Waals surface area contributed by atoms with Crippen molar-refractivity contribution < 1.29 is 4.79 Å². The van der Waals surface area contributed by atoms with Crippen molar-refractivity contribution in [2.75, 3.05) is 24.5 Å². The Morgan fingerprint density at radius 3 is 2.43 bits per heavy atom. The van der Waals surface area contributed by atoms with Gasteiger partial charge in [-0.1, -0.05) is 60.7 Å². The lowest BCUT2D eigenvalue weighted by molar-refractivity contribution is -0.136. The smallest absolute Gasteiger partial charge is 0.227 e. The maximum Gasteiger partial charge on any atom is 0.227 e. The van der Waals surface area contributed by atoms with Gasteiger partial charge < -0.3 is 9.80 Å². The summed E-state index contributed by atoms with van der Waals surface area (Å²) in [6.45, 7) is 2.81. The first-order chi connectivity index (χ1) is 17.3. The van der Waals surface area contributed by atoms with Gasteiger partial charge in [-0.3, -0.25) is 4.79 Å². The first-order valence-electron chi connectivity index (χ1n) is 12.0. The van der Waals surface area contributed by atoms with E-state index in [1.807, 2.05) is 47.4 Å². The monoisotopic (exact) mass is 467 g/mol. The standard InChI is InChI=1S/C27H29N7O/c35-27(33(17-23-10-5-2-6-11-23)15-13-22-8-3-1-4-9-22)24-12-7-14-32(18-24)25-16-26(30-20-29-25)34-21-28-19-31-34/h1-6,8-11,16,19-21,24H,7,12-15,17-18H2. The summed E-state index contributed by atoms with van der Waals surface area (Å²) in [6, 6.07) is 22.5. The lowest BCUT2D eigenvalue weighted by Gasteiger charge is -2.35. The molecule has 0 aliphatic carbocycles. The van der Waals surface area contributed by atoms with E-state index in [0.29, 0.717) is 25.5 Å². The second-order valence-electron chi connectivity index (χ2n) is 8.84. The molecule has 0 bridgehead atoms. The predicted octanol–water partition coefficient (Wildman–Crippen LogP) is 3.55. The van der Waals surface area contributed by atoms with Crippen LogP contribution in [0.4, 0.5) is 5.82 Å². The zero-order valence-corrected chi connectivity index (χ0v) is 19.6. The number of piperidine rings is 1. The van der Waals surface area contributed by atoms with Crippen molar-refractivity contribution in [1.82, 2.24) is 29.6 Å². The first-order valence-corrected chi connectivity index (χ1v) is 12.0. The fourth-order valence-corrected chi connectivity index (χ4v) is 4.59. The van der Waals surface area contributed by atoms with Crippen LogP contribution in [-0.2, 0) is 17.8 Å². The molecule has 4 aromatic rings. The molecule has 1 unspecified atom stereocenters. The SMILES string of the molecule is O=C(C1CCCN(c2cc(-n3cncn3)ncn2)C1)N(CCc1ccccc1)Cc1ccccc1. The Morgan fingerprint density at radius 2 is 1.69 bits per heavy atom. The van der Waals surface area contributed by atoms with Crippen molar-refractivity contribution in [3.05, 3.63) is 96.8 Å². The normalized spacial score (nSPS) is 15.7. The van der Waals surface area contributed by atoms with E-state index in [9.17, 15) is 4.79 Å². The molecular weight excluding hydrogens is 438 g/mol. The average Bonchev–Trinajstić information content (AvgIpc) is 3.47. The number of amides is 1. The van der Waals surface area contributed by atoms with Gasteiger partial charge in [-0.05, 0) is 30.4 Å². The number of aromatic nitrogens is 5. The first kappa shape index (κ1) is 22.7. The van der Waals surface area contributed by atoms with E-state index in [0.717, 1.165) is 37.2 Å². The average molecular weight is 468 g/mol. The zero-order valence-electron chi connectivity index (χ0n) is 19.6. The predicted molar refractivity (Wildman–Crippen MR) is 134 cm³/mol. The fourth-order valence-electron chi connectivity index (χ4n) is 4.59. The van der Waals surface area contributed by atoms with Crippen LogP contribution in [0.3, 0.4) is 0 Å². The third-order valence-electron chi connectivity index (χ3n) is 6.43. The molecule has 2 aromatic heterocycles. The van der Waals surface area contributed by atoms with Crippen LogP contribution in [0.25, 0.3) is 5.82 Å². The minimum atomic E-state index is -0.0759. The Bertz CT molecular complexity index is 1210. The minimum Gasteiger partial charge on any atom is -0.356 e. The summed E-state index contributed by atoms with van der Waals surface area (Å²) < 4.78 is 1.61. The largest absolute Gasteiger partial charge is 0.356 e. The van der Waals surface area contributed by atoms with Crippen molar-refractivity contribution >= 4 is 11.7 Å². The molecule has 35 heavy (non-hydrogen) atoms. The van der Waals surface area contributed by atoms with Crippen LogP contribution in [0, 0.1) is 5.92 Å². The van der Waals surface area contributed by atoms with Gasteiger partial charge in [0.25, 0.3) is 0 Å². The van der Waals surface area contributed by atoms with Gasteiger partial charge in [0, 0.05) is 32.2 Å². The van der Waals surface area contributed by atoms with E-state index in [1.54, 1.807) is 17.3 Å². The van der Waals surface area contributed by atoms with E-state index in [4.69, 9.17) is 0 Å². The second kappa shape index (κ2) is 10.9.